The molecule has 3 N–H and O–H groups in total. The summed E-state index contributed by atoms with van der Waals surface area (Å²) in [6.07, 6.45) is 7.31. The summed E-state index contributed by atoms with van der Waals surface area (Å²) in [6.45, 7) is 5.79. The molecule has 0 atom stereocenters. The fraction of sp³-hybridized carbons (Fsp3) is 0.267. The van der Waals surface area contributed by atoms with Gasteiger partial charge in [-0.2, -0.15) is 0 Å². The van der Waals surface area contributed by atoms with Gasteiger partial charge < -0.3 is 11.5 Å². The van der Waals surface area contributed by atoms with Crippen LogP contribution in [0, 0.1) is 51.0 Å². The molecule has 0 unspecified atom stereocenters. The van der Waals surface area contributed by atoms with Gasteiger partial charge >= 0.3 is 0 Å². The van der Waals surface area contributed by atoms with E-state index in [-0.39, 0.29) is 51.5 Å². The van der Waals surface area contributed by atoms with Gasteiger partial charge in [0.2, 0.25) is 0 Å². The average Bonchev–Trinajstić information content (AvgIpc) is 3.47. The number of nitrogen functional groups attached to an aromatic ring is 1. The summed E-state index contributed by atoms with van der Waals surface area (Å²) < 4.78 is 1.14. The number of pyridine rings is 2. The van der Waals surface area contributed by atoms with Crippen molar-refractivity contribution in [2.45, 2.75) is 40.5 Å². The smallest absolute Gasteiger partial charge is 0.0363 e. The molecule has 0 aliphatic carbocycles. The van der Waals surface area contributed by atoms with Gasteiger partial charge in [0.1, 0.15) is 0 Å². The number of nitrogens with zero attached hydrogens (tertiary/aromatic N) is 4. The van der Waals surface area contributed by atoms with Crippen LogP contribution in [0.15, 0.2) is 77.8 Å². The molecule has 2 aromatic heterocycles. The molecule has 8 heteroatoms. The number of aromatic nitrogens is 2. The number of nitrogens with one attached hydrogen (secondary N) is 1. The standard InChI is InChI=1S/C14H15N3.C9H10BrN2.C6H7N.CH4.Ac/c1-17-8-12-11(10-3-2-6-16-7-10)4-5-14(15)13(12)9-17;1-12-4-6-7(5-12)9(11)3-2-8(6)10;1-6-3-2-4-7-5-6;;/h2-7H,8-9,15H2,1H3;2-3,11H,4-5H2,1H3;2-5H,1H3;1H4;/q;-1;;;. The first kappa shape index (κ1) is 32.4. The molecule has 2 aromatic carbocycles. The Morgan fingerprint density at radius 1 is 0.789 bits per heavy atom. The molecule has 4 aromatic rings. The zero-order valence-corrected chi connectivity index (χ0v) is 27.9. The average molecular weight is 788 g/mol. The van der Waals surface area contributed by atoms with E-state index in [1.165, 1.54) is 38.9 Å². The Kier molecular flexibility index (Phi) is 12.9. The molecule has 4 heterocycles. The van der Waals surface area contributed by atoms with Gasteiger partial charge in [0.15, 0.2) is 0 Å². The Bertz CT molecular complexity index is 1290. The van der Waals surface area contributed by atoms with E-state index in [9.17, 15) is 0 Å². The third-order valence-corrected chi connectivity index (χ3v) is 7.08. The van der Waals surface area contributed by atoms with Crippen molar-refractivity contribution < 1.29 is 44.1 Å². The first-order chi connectivity index (χ1) is 17.3. The number of halogens is 1. The Hall–Kier alpha value is -1.82. The van der Waals surface area contributed by atoms with E-state index in [0.29, 0.717) is 5.69 Å². The molecule has 0 spiro atoms. The van der Waals surface area contributed by atoms with Gasteiger partial charge in [-0.3, -0.25) is 19.8 Å². The number of nitrogens with two attached hydrogens (primary N) is 1. The molecule has 0 amide bonds. The van der Waals surface area contributed by atoms with Crippen LogP contribution in [-0.4, -0.2) is 33.9 Å². The molecule has 0 saturated heterocycles. The maximum atomic E-state index is 7.69. The minimum Gasteiger partial charge on any atom is -0.698 e. The predicted molar refractivity (Wildman–Crippen MR) is 158 cm³/mol. The SMILES string of the molecule is C.CN1Cc2c(N)ccc(-c3cccnc3)c2C1.CN1Cc2c([NH-])ccc(Br)c2C1.Cc1cccnc1.[Ac]. The Labute approximate surface area is 271 Å². The number of aryl methyl sites for hydroxylation is 1. The van der Waals surface area contributed by atoms with Gasteiger partial charge in [0.05, 0.1) is 0 Å². The van der Waals surface area contributed by atoms with E-state index in [4.69, 9.17) is 11.5 Å². The van der Waals surface area contributed by atoms with Crippen LogP contribution in [-0.2, 0) is 26.2 Å². The second-order valence-electron chi connectivity index (χ2n) is 9.33. The molecule has 1 radical (unpaired) electrons. The van der Waals surface area contributed by atoms with Crippen LogP contribution < -0.4 is 5.73 Å². The van der Waals surface area contributed by atoms with Gasteiger partial charge in [-0.05, 0) is 78.7 Å². The molecule has 38 heavy (non-hydrogen) atoms. The number of anilines is 1. The molecule has 6 nitrogen and oxygen atoms in total. The molecular weight excluding hydrogens is 751 g/mol. The molecule has 2 aliphatic rings. The van der Waals surface area contributed by atoms with Crippen molar-refractivity contribution in [2.75, 3.05) is 19.8 Å². The summed E-state index contributed by atoms with van der Waals surface area (Å²) >= 11 is 3.50. The van der Waals surface area contributed by atoms with E-state index >= 15 is 0 Å². The number of benzene rings is 2. The van der Waals surface area contributed by atoms with Crippen LogP contribution in [0.5, 0.6) is 0 Å². The molecular formula is C30H36AcBrN6-. The van der Waals surface area contributed by atoms with Crippen molar-refractivity contribution in [2.24, 2.45) is 0 Å². The van der Waals surface area contributed by atoms with E-state index in [1.54, 1.807) is 12.4 Å². The predicted octanol–water partition coefficient (Wildman–Crippen LogP) is 7.38. The van der Waals surface area contributed by atoms with E-state index in [2.05, 4.69) is 61.9 Å². The number of hydrogen-bond acceptors (Lipinski definition) is 5. The van der Waals surface area contributed by atoms with Crippen LogP contribution in [0.1, 0.15) is 35.2 Å². The summed E-state index contributed by atoms with van der Waals surface area (Å²) in [5, 5.41) is 0. The quantitative estimate of drug-likeness (QED) is 0.204. The second kappa shape index (κ2) is 15.1. The van der Waals surface area contributed by atoms with Gasteiger partial charge in [0, 0.05) is 111 Å². The largest absolute Gasteiger partial charge is 0.698 e. The number of rotatable bonds is 1. The minimum atomic E-state index is 0. The van der Waals surface area contributed by atoms with Crippen LogP contribution in [0.2, 0.25) is 0 Å². The monoisotopic (exact) mass is 786 g/mol. The fourth-order valence-electron chi connectivity index (χ4n) is 4.53. The normalized spacial score (nSPS) is 13.5. The van der Waals surface area contributed by atoms with Crippen molar-refractivity contribution in [3.05, 3.63) is 111 Å². The zero-order valence-electron chi connectivity index (χ0n) is 21.6. The zero-order chi connectivity index (χ0) is 25.7. The summed E-state index contributed by atoms with van der Waals surface area (Å²) in [6, 6.07) is 15.9. The van der Waals surface area contributed by atoms with Crippen molar-refractivity contribution in [1.29, 1.82) is 0 Å². The molecule has 2 aliphatic heterocycles. The van der Waals surface area contributed by atoms with Crippen LogP contribution >= 0.6 is 15.9 Å². The number of fused-ring (bicyclic) bond motifs is 2. The Balaban J connectivity index is 0.000000212. The molecule has 0 fully saturated rings. The van der Waals surface area contributed by atoms with Crippen LogP contribution in [0.25, 0.3) is 16.9 Å². The van der Waals surface area contributed by atoms with Crippen molar-refractivity contribution >= 4 is 27.3 Å². The second-order valence-corrected chi connectivity index (χ2v) is 10.2. The Morgan fingerprint density at radius 2 is 1.39 bits per heavy atom. The molecule has 6 rings (SSSR count). The molecule has 0 saturated carbocycles. The van der Waals surface area contributed by atoms with Crippen LogP contribution in [0.4, 0.5) is 11.4 Å². The summed E-state index contributed by atoms with van der Waals surface area (Å²) in [4.78, 5) is 12.6. The van der Waals surface area contributed by atoms with Gasteiger partial charge in [-0.1, -0.05) is 47.6 Å². The maximum Gasteiger partial charge on any atom is 0.0363 e. The minimum absolute atomic E-state index is 0. The Morgan fingerprint density at radius 3 is 1.95 bits per heavy atom. The van der Waals surface area contributed by atoms with Crippen LogP contribution in [0.3, 0.4) is 0 Å². The third kappa shape index (κ3) is 8.10. The van der Waals surface area contributed by atoms with E-state index < -0.39 is 0 Å². The molecule has 197 valence electrons. The number of hydrogen-bond donors (Lipinski definition) is 1. The van der Waals surface area contributed by atoms with E-state index in [1.807, 2.05) is 55.7 Å². The summed E-state index contributed by atoms with van der Waals surface area (Å²) in [5.74, 6) is 0. The van der Waals surface area contributed by atoms with Gasteiger partial charge in [-0.25, -0.2) is 0 Å². The maximum absolute atomic E-state index is 7.69. The van der Waals surface area contributed by atoms with Crippen molar-refractivity contribution in [3.63, 3.8) is 0 Å². The summed E-state index contributed by atoms with van der Waals surface area (Å²) in [5.41, 5.74) is 24.0. The third-order valence-electron chi connectivity index (χ3n) is 6.34. The van der Waals surface area contributed by atoms with Crippen molar-refractivity contribution in [1.82, 2.24) is 19.8 Å². The molecule has 0 bridgehead atoms. The fourth-order valence-corrected chi connectivity index (χ4v) is 5.02. The topological polar surface area (TPSA) is 82.1 Å². The first-order valence-electron chi connectivity index (χ1n) is 11.9. The summed E-state index contributed by atoms with van der Waals surface area (Å²) in [7, 11) is 4.19. The van der Waals surface area contributed by atoms with E-state index in [0.717, 1.165) is 36.3 Å². The first-order valence-corrected chi connectivity index (χ1v) is 12.7. The van der Waals surface area contributed by atoms with Crippen molar-refractivity contribution in [3.8, 4) is 11.1 Å². The van der Waals surface area contributed by atoms with Gasteiger partial charge in [-0.15, -0.1) is 5.69 Å². The van der Waals surface area contributed by atoms with Gasteiger partial charge in [0.25, 0.3) is 0 Å².